The highest BCUT2D eigenvalue weighted by Crippen LogP contribution is 2.31. The van der Waals surface area contributed by atoms with Crippen molar-refractivity contribution in [2.45, 2.75) is 19.1 Å². The molecule has 0 aromatic rings. The molecule has 4 heteroatoms. The highest BCUT2D eigenvalue weighted by atomic mass is 35.5. The van der Waals surface area contributed by atoms with Crippen LogP contribution in [0.1, 0.15) is 12.8 Å². The van der Waals surface area contributed by atoms with E-state index in [0.29, 0.717) is 5.03 Å². The van der Waals surface area contributed by atoms with Gasteiger partial charge < -0.3 is 9.57 Å². The summed E-state index contributed by atoms with van der Waals surface area (Å²) in [6, 6.07) is 0. The molecular weight excluding hydrogens is 226 g/mol. The molecule has 0 radical (unpaired) electrons. The van der Waals surface area contributed by atoms with Crippen LogP contribution >= 0.6 is 11.6 Å². The Morgan fingerprint density at radius 3 is 3.12 bits per heavy atom. The van der Waals surface area contributed by atoms with Crippen LogP contribution in [0.2, 0.25) is 0 Å². The summed E-state index contributed by atoms with van der Waals surface area (Å²) in [4.78, 5) is 5.25. The second-order valence-corrected chi connectivity index (χ2v) is 4.32. The summed E-state index contributed by atoms with van der Waals surface area (Å²) < 4.78 is 5.49. The number of allylic oxidation sites excluding steroid dienone is 4. The summed E-state index contributed by atoms with van der Waals surface area (Å²) in [5, 5.41) is 4.63. The average Bonchev–Trinajstić information content (AvgIpc) is 2.74. The first-order chi connectivity index (χ1) is 7.84. The van der Waals surface area contributed by atoms with Gasteiger partial charge in [-0.1, -0.05) is 22.5 Å². The van der Waals surface area contributed by atoms with Gasteiger partial charge in [0.2, 0.25) is 6.29 Å². The van der Waals surface area contributed by atoms with Gasteiger partial charge in [0.05, 0.1) is 23.1 Å². The maximum atomic E-state index is 5.77. The Labute approximate surface area is 98.4 Å². The molecular formula is C12H10ClNO2. The number of hydrogen-bond donors (Lipinski definition) is 0. The lowest BCUT2D eigenvalue weighted by atomic mass is 9.90. The van der Waals surface area contributed by atoms with Crippen LogP contribution in [-0.2, 0) is 9.57 Å². The van der Waals surface area contributed by atoms with Gasteiger partial charge in [-0.2, -0.15) is 0 Å². The maximum Gasteiger partial charge on any atom is 0.235 e. The van der Waals surface area contributed by atoms with Crippen molar-refractivity contribution in [2.24, 2.45) is 11.1 Å². The van der Waals surface area contributed by atoms with Crippen LogP contribution in [0.3, 0.4) is 0 Å². The summed E-state index contributed by atoms with van der Waals surface area (Å²) in [6.07, 6.45) is 5.54. The molecule has 1 fully saturated rings. The minimum Gasteiger partial charge on any atom is -0.363 e. The fraction of sp³-hybridized carbons (Fsp3) is 0.417. The van der Waals surface area contributed by atoms with Gasteiger partial charge in [0, 0.05) is 0 Å². The Morgan fingerprint density at radius 1 is 1.38 bits per heavy atom. The van der Waals surface area contributed by atoms with Crippen molar-refractivity contribution in [3.63, 3.8) is 0 Å². The highest BCUT2D eigenvalue weighted by Gasteiger charge is 2.38. The summed E-state index contributed by atoms with van der Waals surface area (Å²) in [5.41, 5.74) is 7.62. The van der Waals surface area contributed by atoms with E-state index in [2.05, 4.69) is 16.6 Å². The molecule has 2 atom stereocenters. The van der Waals surface area contributed by atoms with Gasteiger partial charge in [-0.05, 0) is 30.7 Å². The van der Waals surface area contributed by atoms with Crippen molar-refractivity contribution in [2.75, 3.05) is 6.61 Å². The van der Waals surface area contributed by atoms with Crippen molar-refractivity contribution in [3.05, 3.63) is 34.2 Å². The standard InChI is InChI=1S/C12H10ClNO2/c13-9-5-3-8(4-6-9)11-10-2-1-7-15-12(10)16-14-11/h3,5,10,12H,1-2,7H2. The van der Waals surface area contributed by atoms with Crippen LogP contribution in [0.25, 0.3) is 0 Å². The van der Waals surface area contributed by atoms with Crippen molar-refractivity contribution in [1.82, 2.24) is 0 Å². The Morgan fingerprint density at radius 2 is 2.31 bits per heavy atom. The molecule has 3 nitrogen and oxygen atoms in total. The van der Waals surface area contributed by atoms with Crippen LogP contribution in [0.4, 0.5) is 0 Å². The molecule has 2 heterocycles. The Kier molecular flexibility index (Phi) is 2.47. The topological polar surface area (TPSA) is 30.8 Å². The number of halogens is 1. The van der Waals surface area contributed by atoms with Crippen molar-refractivity contribution in [1.29, 1.82) is 0 Å². The lowest BCUT2D eigenvalue weighted by Crippen LogP contribution is -2.31. The smallest absolute Gasteiger partial charge is 0.235 e. The molecule has 16 heavy (non-hydrogen) atoms. The molecule has 3 aliphatic rings. The molecule has 1 aliphatic carbocycles. The maximum absolute atomic E-state index is 5.77. The van der Waals surface area contributed by atoms with E-state index < -0.39 is 0 Å². The zero-order chi connectivity index (χ0) is 11.0. The van der Waals surface area contributed by atoms with Gasteiger partial charge in [0.25, 0.3) is 0 Å². The fourth-order valence-electron chi connectivity index (χ4n) is 2.07. The molecule has 0 aromatic carbocycles. The van der Waals surface area contributed by atoms with E-state index in [1.165, 1.54) is 0 Å². The van der Waals surface area contributed by atoms with Crippen LogP contribution < -0.4 is 0 Å². The number of hydrogen-bond acceptors (Lipinski definition) is 3. The minimum atomic E-state index is -0.215. The first-order valence-corrected chi connectivity index (χ1v) is 5.67. The largest absolute Gasteiger partial charge is 0.363 e. The summed E-state index contributed by atoms with van der Waals surface area (Å²) in [6.45, 7) is 0.750. The second-order valence-electron chi connectivity index (χ2n) is 3.91. The van der Waals surface area contributed by atoms with Crippen LogP contribution in [-0.4, -0.2) is 18.6 Å². The van der Waals surface area contributed by atoms with Crippen LogP contribution in [0, 0.1) is 5.92 Å². The lowest BCUT2D eigenvalue weighted by molar-refractivity contribution is -0.162. The van der Waals surface area contributed by atoms with Crippen LogP contribution in [0.15, 0.2) is 39.4 Å². The first kappa shape index (κ1) is 9.95. The van der Waals surface area contributed by atoms with E-state index in [4.69, 9.17) is 21.2 Å². The normalized spacial score (nSPS) is 31.4. The first-order valence-electron chi connectivity index (χ1n) is 5.30. The third-order valence-electron chi connectivity index (χ3n) is 2.87. The van der Waals surface area contributed by atoms with Gasteiger partial charge in [-0.15, -0.1) is 0 Å². The molecule has 3 rings (SSSR count). The van der Waals surface area contributed by atoms with Gasteiger partial charge in [0.15, 0.2) is 0 Å². The molecule has 0 amide bonds. The van der Waals surface area contributed by atoms with Gasteiger partial charge in [-0.25, -0.2) is 0 Å². The molecule has 0 bridgehead atoms. The number of nitrogens with zero attached hydrogens (tertiary/aromatic N) is 1. The monoisotopic (exact) mass is 235 g/mol. The lowest BCUT2D eigenvalue weighted by Gasteiger charge is -2.23. The summed E-state index contributed by atoms with van der Waals surface area (Å²) >= 11 is 5.77. The zero-order valence-corrected chi connectivity index (χ0v) is 9.33. The molecule has 0 aromatic heterocycles. The van der Waals surface area contributed by atoms with E-state index >= 15 is 0 Å². The second kappa shape index (κ2) is 3.97. The van der Waals surface area contributed by atoms with Gasteiger partial charge in [-0.3, -0.25) is 0 Å². The van der Waals surface area contributed by atoms with E-state index in [-0.39, 0.29) is 12.2 Å². The molecule has 82 valence electrons. The predicted octanol–water partition coefficient (Wildman–Crippen LogP) is 2.50. The number of fused-ring (bicyclic) bond motifs is 1. The van der Waals surface area contributed by atoms with E-state index in [1.807, 2.05) is 6.08 Å². The molecule has 0 saturated carbocycles. The van der Waals surface area contributed by atoms with Gasteiger partial charge in [0.1, 0.15) is 5.71 Å². The molecule has 0 N–H and O–H groups in total. The quantitative estimate of drug-likeness (QED) is 0.654. The third-order valence-corrected chi connectivity index (χ3v) is 3.09. The van der Waals surface area contributed by atoms with Crippen molar-refractivity contribution < 1.29 is 9.57 Å². The highest BCUT2D eigenvalue weighted by molar-refractivity contribution is 6.31. The fourth-order valence-corrected chi connectivity index (χ4v) is 2.18. The molecule has 2 unspecified atom stereocenters. The van der Waals surface area contributed by atoms with Crippen molar-refractivity contribution >= 4 is 17.3 Å². The molecule has 1 saturated heterocycles. The van der Waals surface area contributed by atoms with E-state index in [1.54, 1.807) is 6.08 Å². The number of oxime groups is 1. The Balaban J connectivity index is 1.92. The number of ether oxygens (including phenoxy) is 1. The minimum absolute atomic E-state index is 0.215. The zero-order valence-electron chi connectivity index (χ0n) is 8.57. The third kappa shape index (κ3) is 1.64. The SMILES string of the molecule is ClC1=C=C=C(C2=NOC3OCCCC23)C=C1. The number of rotatable bonds is 1. The Hall–Kier alpha value is -1.24. The molecule has 2 aliphatic heterocycles. The van der Waals surface area contributed by atoms with E-state index in [9.17, 15) is 0 Å². The predicted molar refractivity (Wildman–Crippen MR) is 60.0 cm³/mol. The van der Waals surface area contributed by atoms with Crippen molar-refractivity contribution in [3.8, 4) is 0 Å². The molecule has 0 spiro atoms. The van der Waals surface area contributed by atoms with Crippen LogP contribution in [0.5, 0.6) is 0 Å². The summed E-state index contributed by atoms with van der Waals surface area (Å²) in [7, 11) is 0. The average molecular weight is 236 g/mol. The Bertz CT molecular complexity index is 479. The summed E-state index contributed by atoms with van der Waals surface area (Å²) in [5.74, 6) is 0.222. The van der Waals surface area contributed by atoms with E-state index in [0.717, 1.165) is 30.7 Å². The van der Waals surface area contributed by atoms with Gasteiger partial charge >= 0.3 is 0 Å².